The van der Waals surface area contributed by atoms with Crippen LogP contribution in [0, 0.1) is 0 Å². The monoisotopic (exact) mass is 338 g/mol. The Hall–Kier alpha value is -3.04. The van der Waals surface area contributed by atoms with E-state index in [4.69, 9.17) is 0 Å². The van der Waals surface area contributed by atoms with Crippen molar-refractivity contribution in [3.05, 3.63) is 78.2 Å². The van der Waals surface area contributed by atoms with Crippen LogP contribution in [-0.4, -0.2) is 9.55 Å². The smallest absolute Gasteiger partial charge is 0.108 e. The van der Waals surface area contributed by atoms with Crippen LogP contribution >= 0.6 is 11.3 Å². The number of hydrogen-bond donors (Lipinski definition) is 1. The molecule has 0 aliphatic carbocycles. The summed E-state index contributed by atoms with van der Waals surface area (Å²) in [7, 11) is 0. The second-order valence-corrected chi connectivity index (χ2v) is 7.29. The van der Waals surface area contributed by atoms with Gasteiger partial charge in [-0.15, -0.1) is 11.3 Å². The molecule has 0 fully saturated rings. The van der Waals surface area contributed by atoms with Crippen molar-refractivity contribution in [3.63, 3.8) is 0 Å². The average molecular weight is 338 g/mol. The topological polar surface area (TPSA) is 20.7 Å². The predicted octanol–water partition coefficient (Wildman–Crippen LogP) is 6.48. The first-order valence-corrected chi connectivity index (χ1v) is 9.26. The maximum atomic E-state index is 3.57. The van der Waals surface area contributed by atoms with Crippen molar-refractivity contribution < 1.29 is 0 Å². The molecule has 0 saturated heterocycles. The molecule has 3 heterocycles. The lowest BCUT2D eigenvalue weighted by atomic mass is 10.1. The molecule has 6 rings (SSSR count). The maximum Gasteiger partial charge on any atom is 0.108 e. The van der Waals surface area contributed by atoms with Gasteiger partial charge in [-0.3, -0.25) is 0 Å². The van der Waals surface area contributed by atoms with Crippen molar-refractivity contribution in [1.82, 2.24) is 9.55 Å². The van der Waals surface area contributed by atoms with E-state index in [1.54, 1.807) is 11.3 Å². The number of benzene rings is 3. The highest BCUT2D eigenvalue weighted by Gasteiger charge is 2.15. The van der Waals surface area contributed by atoms with Crippen LogP contribution in [0.25, 0.3) is 48.6 Å². The number of nitrogens with one attached hydrogen (secondary N) is 1. The molecule has 0 aliphatic rings. The maximum absolute atomic E-state index is 3.57. The number of nitrogens with zero attached hydrogens (tertiary/aromatic N) is 1. The summed E-state index contributed by atoms with van der Waals surface area (Å²) in [6.07, 6.45) is 0. The van der Waals surface area contributed by atoms with Crippen molar-refractivity contribution in [2.45, 2.75) is 0 Å². The lowest BCUT2D eigenvalue weighted by molar-refractivity contribution is 1.20. The normalized spacial score (nSPS) is 12.0. The highest BCUT2D eigenvalue weighted by Crippen LogP contribution is 2.38. The van der Waals surface area contributed by atoms with Crippen LogP contribution in [0.3, 0.4) is 0 Å². The minimum absolute atomic E-state index is 1.19. The zero-order chi connectivity index (χ0) is 16.4. The van der Waals surface area contributed by atoms with Crippen LogP contribution in [0.5, 0.6) is 0 Å². The van der Waals surface area contributed by atoms with Gasteiger partial charge in [-0.25, -0.2) is 0 Å². The molecule has 0 atom stereocenters. The van der Waals surface area contributed by atoms with Gasteiger partial charge < -0.3 is 9.55 Å². The van der Waals surface area contributed by atoms with Gasteiger partial charge in [-0.05, 0) is 41.8 Å². The Balaban J connectivity index is 1.85. The van der Waals surface area contributed by atoms with Crippen molar-refractivity contribution in [3.8, 4) is 5.69 Å². The van der Waals surface area contributed by atoms with Gasteiger partial charge in [0.25, 0.3) is 0 Å². The molecule has 3 heteroatoms. The van der Waals surface area contributed by atoms with E-state index < -0.39 is 0 Å². The molecule has 0 radical (unpaired) electrons. The summed E-state index contributed by atoms with van der Waals surface area (Å²) in [6, 6.07) is 26.0. The lowest BCUT2D eigenvalue weighted by Crippen LogP contribution is -1.91. The summed E-state index contributed by atoms with van der Waals surface area (Å²) in [5, 5.41) is 7.37. The minimum atomic E-state index is 1.19. The number of rotatable bonds is 1. The third-order valence-electron chi connectivity index (χ3n) is 5.02. The Kier molecular flexibility index (Phi) is 2.52. The van der Waals surface area contributed by atoms with Crippen LogP contribution in [0.15, 0.2) is 78.2 Å². The Morgan fingerprint density at radius 3 is 2.44 bits per heavy atom. The van der Waals surface area contributed by atoms with Crippen LogP contribution in [0.4, 0.5) is 0 Å². The van der Waals surface area contributed by atoms with E-state index >= 15 is 0 Å². The van der Waals surface area contributed by atoms with Crippen LogP contribution < -0.4 is 0 Å². The van der Waals surface area contributed by atoms with Crippen molar-refractivity contribution >= 4 is 54.3 Å². The third-order valence-corrected chi connectivity index (χ3v) is 5.91. The molecule has 25 heavy (non-hydrogen) atoms. The molecular formula is C22H14N2S. The molecule has 0 unspecified atom stereocenters. The Bertz CT molecular complexity index is 1380. The second kappa shape index (κ2) is 4.74. The third kappa shape index (κ3) is 1.73. The van der Waals surface area contributed by atoms with E-state index in [9.17, 15) is 0 Å². The van der Waals surface area contributed by atoms with E-state index in [1.807, 2.05) is 0 Å². The Labute approximate surface area is 147 Å². The standard InChI is InChI=1S/C22H14N2S/c1-2-6-14(7-3-1)24-21-13-17-15-8-4-5-9-19(15)23-20(17)12-18(21)16-10-11-25-22(16)24/h1-13,23H. The SMILES string of the molecule is c1ccc(-n2c3cc4c(cc3c3ccsc32)[nH]c2ccccc24)cc1. The first-order valence-electron chi connectivity index (χ1n) is 8.38. The first-order chi connectivity index (χ1) is 12.4. The van der Waals surface area contributed by atoms with Crippen LogP contribution in [-0.2, 0) is 0 Å². The Morgan fingerprint density at radius 1 is 0.680 bits per heavy atom. The first kappa shape index (κ1) is 13.3. The van der Waals surface area contributed by atoms with Gasteiger partial charge in [0.05, 0.1) is 5.52 Å². The summed E-state index contributed by atoms with van der Waals surface area (Å²) in [6.45, 7) is 0. The molecule has 0 amide bonds. The highest BCUT2D eigenvalue weighted by atomic mass is 32.1. The molecular weight excluding hydrogens is 324 g/mol. The van der Waals surface area contributed by atoms with Crippen molar-refractivity contribution in [2.75, 3.05) is 0 Å². The van der Waals surface area contributed by atoms with Crippen molar-refractivity contribution in [2.24, 2.45) is 0 Å². The van der Waals surface area contributed by atoms with Gasteiger partial charge in [0, 0.05) is 38.3 Å². The van der Waals surface area contributed by atoms with Gasteiger partial charge in [0.1, 0.15) is 4.83 Å². The van der Waals surface area contributed by atoms with E-state index in [1.165, 1.54) is 48.6 Å². The Morgan fingerprint density at radius 2 is 1.52 bits per heavy atom. The fourth-order valence-corrected chi connectivity index (χ4v) is 4.86. The molecule has 0 aliphatic heterocycles. The van der Waals surface area contributed by atoms with E-state index in [-0.39, 0.29) is 0 Å². The fourth-order valence-electron chi connectivity index (χ4n) is 3.91. The van der Waals surface area contributed by atoms with E-state index in [2.05, 4.69) is 87.7 Å². The molecule has 2 nitrogen and oxygen atoms in total. The number of H-pyrrole nitrogens is 1. The minimum Gasteiger partial charge on any atom is -0.354 e. The molecule has 1 N–H and O–H groups in total. The zero-order valence-corrected chi connectivity index (χ0v) is 14.2. The van der Waals surface area contributed by atoms with Gasteiger partial charge in [0.2, 0.25) is 0 Å². The number of aromatic nitrogens is 2. The van der Waals surface area contributed by atoms with E-state index in [0.717, 1.165) is 0 Å². The molecule has 0 bridgehead atoms. The number of fused-ring (bicyclic) bond motifs is 6. The number of aromatic amines is 1. The summed E-state index contributed by atoms with van der Waals surface area (Å²) in [4.78, 5) is 4.87. The highest BCUT2D eigenvalue weighted by molar-refractivity contribution is 7.17. The fraction of sp³-hybridized carbons (Fsp3) is 0. The predicted molar refractivity (Wildman–Crippen MR) is 108 cm³/mol. The summed E-state index contributed by atoms with van der Waals surface area (Å²) >= 11 is 1.80. The molecule has 118 valence electrons. The van der Waals surface area contributed by atoms with Crippen LogP contribution in [0.2, 0.25) is 0 Å². The van der Waals surface area contributed by atoms with Crippen molar-refractivity contribution in [1.29, 1.82) is 0 Å². The number of para-hydroxylation sites is 2. The molecule has 3 aromatic carbocycles. The molecule has 0 spiro atoms. The molecule has 3 aromatic heterocycles. The second-order valence-electron chi connectivity index (χ2n) is 6.40. The molecule has 0 saturated carbocycles. The quantitative estimate of drug-likeness (QED) is 0.354. The average Bonchev–Trinajstić information content (AvgIpc) is 3.33. The van der Waals surface area contributed by atoms with Gasteiger partial charge >= 0.3 is 0 Å². The van der Waals surface area contributed by atoms with Gasteiger partial charge in [0.15, 0.2) is 0 Å². The zero-order valence-electron chi connectivity index (χ0n) is 13.4. The number of thiophene rings is 1. The summed E-state index contributed by atoms with van der Waals surface area (Å²) < 4.78 is 2.39. The summed E-state index contributed by atoms with van der Waals surface area (Å²) in [5.74, 6) is 0. The van der Waals surface area contributed by atoms with E-state index in [0.29, 0.717) is 0 Å². The lowest BCUT2D eigenvalue weighted by Gasteiger charge is -2.06. The van der Waals surface area contributed by atoms with Gasteiger partial charge in [-0.2, -0.15) is 0 Å². The molecule has 6 aromatic rings. The summed E-state index contributed by atoms with van der Waals surface area (Å²) in [5.41, 5.74) is 4.87. The van der Waals surface area contributed by atoms with Crippen LogP contribution in [0.1, 0.15) is 0 Å². The van der Waals surface area contributed by atoms with Gasteiger partial charge in [-0.1, -0.05) is 36.4 Å². The largest absolute Gasteiger partial charge is 0.354 e. The number of hydrogen-bond acceptors (Lipinski definition) is 1.